The molecule has 0 saturated carbocycles. The number of amides is 1. The maximum Gasteiger partial charge on any atom is 0.272 e. The van der Waals surface area contributed by atoms with Crippen LogP contribution >= 0.6 is 0 Å². The molecule has 1 saturated heterocycles. The summed E-state index contributed by atoms with van der Waals surface area (Å²) >= 11 is 0. The lowest BCUT2D eigenvalue weighted by molar-refractivity contribution is 0.0520. The molecule has 1 aromatic carbocycles. The first-order valence-electron chi connectivity index (χ1n) is 8.74. The van der Waals surface area contributed by atoms with Gasteiger partial charge in [0.25, 0.3) is 5.91 Å². The average Bonchev–Trinajstić information content (AvgIpc) is 3.19. The Labute approximate surface area is 155 Å². The third-order valence-electron chi connectivity index (χ3n) is 4.45. The van der Waals surface area contributed by atoms with Crippen LogP contribution in [0.2, 0.25) is 0 Å². The predicted octanol–water partition coefficient (Wildman–Crippen LogP) is 2.69. The molecule has 2 aromatic heterocycles. The third-order valence-corrected chi connectivity index (χ3v) is 4.45. The Balaban J connectivity index is 1.44. The van der Waals surface area contributed by atoms with Gasteiger partial charge in [-0.3, -0.25) is 9.89 Å². The summed E-state index contributed by atoms with van der Waals surface area (Å²) in [4.78, 5) is 14.6. The van der Waals surface area contributed by atoms with Gasteiger partial charge in [0, 0.05) is 24.4 Å². The number of likely N-dealkylation sites (tertiary alicyclic amines) is 1. The molecule has 27 heavy (non-hydrogen) atoms. The minimum atomic E-state index is -0.312. The average molecular weight is 367 g/mol. The number of benzene rings is 1. The van der Waals surface area contributed by atoms with Gasteiger partial charge in [0.15, 0.2) is 0 Å². The van der Waals surface area contributed by atoms with E-state index in [0.717, 1.165) is 18.4 Å². The van der Waals surface area contributed by atoms with E-state index in [9.17, 15) is 9.18 Å². The summed E-state index contributed by atoms with van der Waals surface area (Å²) in [5.41, 5.74) is 1.74. The number of H-pyrrole nitrogens is 1. The van der Waals surface area contributed by atoms with Crippen molar-refractivity contribution in [1.82, 2.24) is 25.3 Å². The fourth-order valence-electron chi connectivity index (χ4n) is 3.11. The lowest BCUT2D eigenvalue weighted by Gasteiger charge is -2.32. The lowest BCUT2D eigenvalue weighted by atomic mass is 10.1. The van der Waals surface area contributed by atoms with Crippen molar-refractivity contribution in [2.24, 2.45) is 0 Å². The van der Waals surface area contributed by atoms with Crippen LogP contribution < -0.4 is 4.74 Å². The molecule has 1 N–H and O–H groups in total. The second-order valence-corrected chi connectivity index (χ2v) is 6.37. The zero-order valence-electron chi connectivity index (χ0n) is 14.5. The minimum Gasteiger partial charge on any atom is -0.471 e. The number of carbonyl (C=O) groups excluding carboxylic acids is 1. The summed E-state index contributed by atoms with van der Waals surface area (Å²) in [7, 11) is 0. The number of hydrogen-bond donors (Lipinski definition) is 1. The number of rotatable bonds is 4. The summed E-state index contributed by atoms with van der Waals surface area (Å²) in [6.45, 7) is 1.13. The molecule has 1 amide bonds. The van der Waals surface area contributed by atoms with Gasteiger partial charge >= 0.3 is 0 Å². The molecule has 0 spiro atoms. The van der Waals surface area contributed by atoms with E-state index in [4.69, 9.17) is 4.74 Å². The SMILES string of the molecule is O=C(c1cc(-c2ccc(F)cc2)n[nH]1)N1CCCC(Oc2cccnn2)C1. The summed E-state index contributed by atoms with van der Waals surface area (Å²) in [6, 6.07) is 11.2. The van der Waals surface area contributed by atoms with Gasteiger partial charge in [-0.2, -0.15) is 10.2 Å². The van der Waals surface area contributed by atoms with Crippen molar-refractivity contribution >= 4 is 5.91 Å². The molecule has 0 bridgehead atoms. The van der Waals surface area contributed by atoms with Gasteiger partial charge in [-0.05, 0) is 49.2 Å². The molecule has 0 radical (unpaired) electrons. The second kappa shape index (κ2) is 7.53. The molecule has 1 fully saturated rings. The van der Waals surface area contributed by atoms with Crippen molar-refractivity contribution in [2.45, 2.75) is 18.9 Å². The maximum absolute atomic E-state index is 13.1. The monoisotopic (exact) mass is 367 g/mol. The van der Waals surface area contributed by atoms with Crippen LogP contribution in [-0.4, -0.2) is 50.4 Å². The first kappa shape index (κ1) is 17.1. The van der Waals surface area contributed by atoms with E-state index in [1.165, 1.54) is 12.1 Å². The largest absolute Gasteiger partial charge is 0.471 e. The number of piperidine rings is 1. The van der Waals surface area contributed by atoms with E-state index in [0.29, 0.717) is 30.4 Å². The van der Waals surface area contributed by atoms with Gasteiger partial charge in [-0.25, -0.2) is 4.39 Å². The van der Waals surface area contributed by atoms with Crippen LogP contribution in [0, 0.1) is 5.82 Å². The molecule has 1 unspecified atom stereocenters. The summed E-state index contributed by atoms with van der Waals surface area (Å²) in [5.74, 6) is 0.00768. The van der Waals surface area contributed by atoms with Gasteiger partial charge in [-0.15, -0.1) is 5.10 Å². The van der Waals surface area contributed by atoms with Crippen LogP contribution in [0.4, 0.5) is 4.39 Å². The highest BCUT2D eigenvalue weighted by Gasteiger charge is 2.27. The molecule has 3 heterocycles. The van der Waals surface area contributed by atoms with Crippen molar-refractivity contribution in [1.29, 1.82) is 0 Å². The molecule has 1 aliphatic rings. The minimum absolute atomic E-state index is 0.126. The van der Waals surface area contributed by atoms with Gasteiger partial charge in [0.1, 0.15) is 17.6 Å². The predicted molar refractivity (Wildman–Crippen MR) is 95.6 cm³/mol. The van der Waals surface area contributed by atoms with Crippen LogP contribution in [-0.2, 0) is 0 Å². The first-order chi connectivity index (χ1) is 13.2. The van der Waals surface area contributed by atoms with Crippen molar-refractivity contribution in [3.63, 3.8) is 0 Å². The number of nitrogens with one attached hydrogen (secondary N) is 1. The first-order valence-corrected chi connectivity index (χ1v) is 8.74. The molecule has 138 valence electrons. The standard InChI is InChI=1S/C19H18FN5O2/c20-14-7-5-13(6-8-14)16-11-17(23-22-16)19(26)25-10-2-3-15(12-25)27-18-4-1-9-21-24-18/h1,4-9,11,15H,2-3,10,12H2,(H,22,23). The number of aromatic amines is 1. The molecule has 0 aliphatic carbocycles. The number of ether oxygens (including phenoxy) is 1. The van der Waals surface area contributed by atoms with Gasteiger partial charge < -0.3 is 9.64 Å². The molecular formula is C19H18FN5O2. The number of nitrogens with zero attached hydrogens (tertiary/aromatic N) is 4. The Hall–Kier alpha value is -3.29. The van der Waals surface area contributed by atoms with Crippen LogP contribution in [0.15, 0.2) is 48.7 Å². The molecule has 1 aliphatic heterocycles. The maximum atomic E-state index is 13.1. The van der Waals surface area contributed by atoms with Gasteiger partial charge in [-0.1, -0.05) is 0 Å². The second-order valence-electron chi connectivity index (χ2n) is 6.37. The fraction of sp³-hybridized carbons (Fsp3) is 0.263. The molecule has 7 nitrogen and oxygen atoms in total. The summed E-state index contributed by atoms with van der Waals surface area (Å²) < 4.78 is 18.9. The van der Waals surface area contributed by atoms with Crippen LogP contribution in [0.1, 0.15) is 23.3 Å². The summed E-state index contributed by atoms with van der Waals surface area (Å²) in [5, 5.41) is 14.7. The van der Waals surface area contributed by atoms with E-state index >= 15 is 0 Å². The number of carbonyl (C=O) groups is 1. The van der Waals surface area contributed by atoms with E-state index in [-0.39, 0.29) is 17.8 Å². The zero-order chi connectivity index (χ0) is 18.6. The highest BCUT2D eigenvalue weighted by atomic mass is 19.1. The number of aromatic nitrogens is 4. The van der Waals surface area contributed by atoms with Crippen LogP contribution in [0.5, 0.6) is 5.88 Å². The Bertz CT molecular complexity index is 913. The third kappa shape index (κ3) is 3.94. The van der Waals surface area contributed by atoms with Crippen molar-refractivity contribution < 1.29 is 13.9 Å². The van der Waals surface area contributed by atoms with Crippen molar-refractivity contribution in [3.05, 3.63) is 60.2 Å². The highest BCUT2D eigenvalue weighted by molar-refractivity contribution is 5.93. The van der Waals surface area contributed by atoms with Gasteiger partial charge in [0.2, 0.25) is 5.88 Å². The molecule has 8 heteroatoms. The quantitative estimate of drug-likeness (QED) is 0.766. The molecule has 3 aromatic rings. The smallest absolute Gasteiger partial charge is 0.272 e. The number of halogens is 1. The van der Waals surface area contributed by atoms with Crippen LogP contribution in [0.25, 0.3) is 11.3 Å². The number of hydrogen-bond acceptors (Lipinski definition) is 5. The van der Waals surface area contributed by atoms with Crippen molar-refractivity contribution in [3.8, 4) is 17.1 Å². The molecule has 1 atom stereocenters. The van der Waals surface area contributed by atoms with E-state index < -0.39 is 0 Å². The fourth-order valence-corrected chi connectivity index (χ4v) is 3.11. The zero-order valence-corrected chi connectivity index (χ0v) is 14.5. The molecule has 4 rings (SSSR count). The topological polar surface area (TPSA) is 84.0 Å². The van der Waals surface area contributed by atoms with E-state index in [1.54, 1.807) is 41.4 Å². The van der Waals surface area contributed by atoms with Gasteiger partial charge in [0.05, 0.1) is 12.2 Å². The Morgan fingerprint density at radius 1 is 1.26 bits per heavy atom. The summed E-state index contributed by atoms with van der Waals surface area (Å²) in [6.07, 6.45) is 3.15. The lowest BCUT2D eigenvalue weighted by Crippen LogP contribution is -2.44. The Morgan fingerprint density at radius 2 is 2.11 bits per heavy atom. The normalized spacial score (nSPS) is 16.9. The molecular weight excluding hydrogens is 349 g/mol. The van der Waals surface area contributed by atoms with Crippen LogP contribution in [0.3, 0.4) is 0 Å². The highest BCUT2D eigenvalue weighted by Crippen LogP contribution is 2.21. The Kier molecular flexibility index (Phi) is 4.78. The van der Waals surface area contributed by atoms with Crippen molar-refractivity contribution in [2.75, 3.05) is 13.1 Å². The van der Waals surface area contributed by atoms with E-state index in [1.807, 2.05) is 0 Å². The Morgan fingerprint density at radius 3 is 2.89 bits per heavy atom. The van der Waals surface area contributed by atoms with E-state index in [2.05, 4.69) is 20.4 Å².